The molecule has 1 nitrogen and oxygen atoms in total. The van der Waals surface area contributed by atoms with Crippen LogP contribution < -0.4 is 4.74 Å². The lowest BCUT2D eigenvalue weighted by atomic mass is 9.99. The van der Waals surface area contributed by atoms with Crippen LogP contribution in [-0.4, -0.2) is 7.11 Å². The molecule has 1 unspecified atom stereocenters. The molecule has 0 bridgehead atoms. The van der Waals surface area contributed by atoms with Crippen molar-refractivity contribution in [3.8, 4) is 5.75 Å². The van der Waals surface area contributed by atoms with Gasteiger partial charge in [-0.25, -0.2) is 0 Å². The number of hydrogen-bond acceptors (Lipinski definition) is 1. The van der Waals surface area contributed by atoms with Crippen LogP contribution in [0, 0.1) is 20.8 Å². The second kappa shape index (κ2) is 6.32. The molecule has 2 aromatic carbocycles. The first-order valence-corrected chi connectivity index (χ1v) is 7.29. The van der Waals surface area contributed by atoms with Crippen LogP contribution in [0.4, 0.5) is 0 Å². The van der Waals surface area contributed by atoms with Crippen LogP contribution in [0.25, 0.3) is 0 Å². The van der Waals surface area contributed by atoms with Crippen LogP contribution in [0.1, 0.15) is 33.2 Å². The monoisotopic (exact) mass is 288 g/mol. The quantitative estimate of drug-likeness (QED) is 0.708. The molecule has 2 aromatic rings. The highest BCUT2D eigenvalue weighted by molar-refractivity contribution is 6.20. The Morgan fingerprint density at radius 1 is 0.950 bits per heavy atom. The molecule has 20 heavy (non-hydrogen) atoms. The maximum atomic E-state index is 6.56. The summed E-state index contributed by atoms with van der Waals surface area (Å²) in [7, 11) is 1.69. The van der Waals surface area contributed by atoms with Crippen molar-refractivity contribution in [2.45, 2.75) is 32.6 Å². The van der Waals surface area contributed by atoms with Crippen molar-refractivity contribution >= 4 is 11.6 Å². The number of rotatable bonds is 4. The number of halogens is 1. The molecule has 0 radical (unpaired) electrons. The van der Waals surface area contributed by atoms with Gasteiger partial charge < -0.3 is 4.74 Å². The van der Waals surface area contributed by atoms with E-state index in [4.69, 9.17) is 16.3 Å². The molecule has 2 heteroatoms. The van der Waals surface area contributed by atoms with Crippen molar-refractivity contribution < 1.29 is 4.74 Å². The Balaban J connectivity index is 2.19. The first-order valence-electron chi connectivity index (χ1n) is 6.86. The average molecular weight is 289 g/mol. The van der Waals surface area contributed by atoms with Crippen molar-refractivity contribution in [2.24, 2.45) is 0 Å². The zero-order valence-electron chi connectivity index (χ0n) is 12.5. The summed E-state index contributed by atoms with van der Waals surface area (Å²) in [6.07, 6.45) is 0.828. The molecular weight excluding hydrogens is 268 g/mol. The highest BCUT2D eigenvalue weighted by atomic mass is 35.5. The van der Waals surface area contributed by atoms with Crippen molar-refractivity contribution in [1.29, 1.82) is 0 Å². The summed E-state index contributed by atoms with van der Waals surface area (Å²) in [4.78, 5) is 0. The van der Waals surface area contributed by atoms with Crippen LogP contribution in [-0.2, 0) is 6.42 Å². The van der Waals surface area contributed by atoms with Gasteiger partial charge in [-0.3, -0.25) is 0 Å². The molecule has 0 spiro atoms. The van der Waals surface area contributed by atoms with Gasteiger partial charge in [0.2, 0.25) is 0 Å². The Kier molecular flexibility index (Phi) is 4.72. The summed E-state index contributed by atoms with van der Waals surface area (Å²) in [5.74, 6) is 0.897. The lowest BCUT2D eigenvalue weighted by Gasteiger charge is -2.13. The molecule has 2 rings (SSSR count). The topological polar surface area (TPSA) is 9.23 Å². The maximum Gasteiger partial charge on any atom is 0.122 e. The number of ether oxygens (including phenoxy) is 1. The van der Waals surface area contributed by atoms with Crippen molar-refractivity contribution in [3.63, 3.8) is 0 Å². The molecule has 0 aromatic heterocycles. The lowest BCUT2D eigenvalue weighted by molar-refractivity contribution is 0.411. The van der Waals surface area contributed by atoms with Gasteiger partial charge in [0, 0.05) is 0 Å². The van der Waals surface area contributed by atoms with Gasteiger partial charge in [-0.1, -0.05) is 30.3 Å². The molecule has 0 saturated heterocycles. The van der Waals surface area contributed by atoms with Gasteiger partial charge in [0.1, 0.15) is 5.75 Å². The van der Waals surface area contributed by atoms with E-state index in [0.29, 0.717) is 0 Å². The van der Waals surface area contributed by atoms with Crippen LogP contribution in [0.15, 0.2) is 36.4 Å². The first-order chi connectivity index (χ1) is 9.51. The fourth-order valence-electron chi connectivity index (χ4n) is 2.29. The molecule has 0 N–H and O–H groups in total. The predicted octanol–water partition coefficient (Wildman–Crippen LogP) is 5.14. The van der Waals surface area contributed by atoms with Crippen LogP contribution in [0.2, 0.25) is 0 Å². The number of methoxy groups -OCH3 is 1. The Hall–Kier alpha value is -1.47. The zero-order valence-corrected chi connectivity index (χ0v) is 13.3. The zero-order chi connectivity index (χ0) is 14.7. The Labute approximate surface area is 126 Å². The van der Waals surface area contributed by atoms with Crippen LogP contribution >= 0.6 is 11.6 Å². The molecule has 0 aliphatic heterocycles. The molecule has 0 aliphatic rings. The van der Waals surface area contributed by atoms with E-state index in [2.05, 4.69) is 44.2 Å². The Morgan fingerprint density at radius 2 is 1.65 bits per heavy atom. The third-order valence-corrected chi connectivity index (χ3v) is 4.19. The number of benzene rings is 2. The molecule has 0 aliphatic carbocycles. The van der Waals surface area contributed by atoms with Gasteiger partial charge in [0.25, 0.3) is 0 Å². The van der Waals surface area contributed by atoms with Crippen molar-refractivity contribution in [1.82, 2.24) is 0 Å². The highest BCUT2D eigenvalue weighted by Gasteiger charge is 2.11. The summed E-state index contributed by atoms with van der Waals surface area (Å²) in [6, 6.07) is 12.7. The SMILES string of the molecule is COc1cc(C(Cl)Cc2ccc(C)c(C)c2)ccc1C. The fraction of sp³-hybridized carbons (Fsp3) is 0.333. The smallest absolute Gasteiger partial charge is 0.122 e. The lowest BCUT2D eigenvalue weighted by Crippen LogP contribution is -1.98. The van der Waals surface area contributed by atoms with Crippen LogP contribution in [0.3, 0.4) is 0 Å². The summed E-state index contributed by atoms with van der Waals surface area (Å²) < 4.78 is 5.36. The average Bonchev–Trinajstić information content (AvgIpc) is 2.43. The normalized spacial score (nSPS) is 12.2. The van der Waals surface area contributed by atoms with E-state index < -0.39 is 0 Å². The minimum atomic E-state index is -0.0355. The molecule has 0 heterocycles. The number of hydrogen-bond donors (Lipinski definition) is 0. The minimum Gasteiger partial charge on any atom is -0.496 e. The van der Waals surface area contributed by atoms with Gasteiger partial charge in [-0.15, -0.1) is 11.6 Å². The summed E-state index contributed by atoms with van der Waals surface area (Å²) >= 11 is 6.56. The van der Waals surface area contributed by atoms with Gasteiger partial charge in [0.05, 0.1) is 12.5 Å². The Bertz CT molecular complexity index is 604. The standard InChI is InChI=1S/C18H21ClO/c1-12-5-7-15(9-14(12)3)10-17(19)16-8-6-13(2)18(11-16)20-4/h5-9,11,17H,10H2,1-4H3. The largest absolute Gasteiger partial charge is 0.496 e. The van der Waals surface area contributed by atoms with E-state index in [1.54, 1.807) is 7.11 Å². The van der Waals surface area contributed by atoms with Crippen LogP contribution in [0.5, 0.6) is 5.75 Å². The molecule has 1 atom stereocenters. The second-order valence-corrected chi connectivity index (χ2v) is 5.85. The van der Waals surface area contributed by atoms with E-state index in [1.807, 2.05) is 13.0 Å². The van der Waals surface area contributed by atoms with Gasteiger partial charge >= 0.3 is 0 Å². The summed E-state index contributed by atoms with van der Waals surface area (Å²) in [5.41, 5.74) is 6.14. The van der Waals surface area contributed by atoms with Crippen molar-refractivity contribution in [3.05, 3.63) is 64.2 Å². The minimum absolute atomic E-state index is 0.0355. The highest BCUT2D eigenvalue weighted by Crippen LogP contribution is 2.30. The van der Waals surface area contributed by atoms with E-state index in [-0.39, 0.29) is 5.38 Å². The molecule has 0 amide bonds. The van der Waals surface area contributed by atoms with E-state index in [0.717, 1.165) is 23.3 Å². The van der Waals surface area contributed by atoms with Gasteiger partial charge in [-0.2, -0.15) is 0 Å². The Morgan fingerprint density at radius 3 is 2.30 bits per heavy atom. The van der Waals surface area contributed by atoms with Crippen molar-refractivity contribution in [2.75, 3.05) is 7.11 Å². The second-order valence-electron chi connectivity index (χ2n) is 5.32. The number of alkyl halides is 1. The fourth-order valence-corrected chi connectivity index (χ4v) is 2.60. The third-order valence-electron chi connectivity index (χ3n) is 3.78. The maximum absolute atomic E-state index is 6.56. The first kappa shape index (κ1) is 14.9. The summed E-state index contributed by atoms with van der Waals surface area (Å²) in [6.45, 7) is 6.30. The van der Waals surface area contributed by atoms with E-state index in [1.165, 1.54) is 16.7 Å². The molecule has 0 fully saturated rings. The molecule has 0 saturated carbocycles. The van der Waals surface area contributed by atoms with Gasteiger partial charge in [0.15, 0.2) is 0 Å². The molecule has 106 valence electrons. The third kappa shape index (κ3) is 3.34. The molecular formula is C18H21ClO. The van der Waals surface area contributed by atoms with E-state index >= 15 is 0 Å². The van der Waals surface area contributed by atoms with Gasteiger partial charge in [-0.05, 0) is 61.1 Å². The summed E-state index contributed by atoms with van der Waals surface area (Å²) in [5, 5.41) is -0.0355. The van der Waals surface area contributed by atoms with E-state index in [9.17, 15) is 0 Å². The number of aryl methyl sites for hydroxylation is 3. The predicted molar refractivity (Wildman–Crippen MR) is 85.9 cm³/mol.